The smallest absolute Gasteiger partial charge is 0.417 e. The summed E-state index contributed by atoms with van der Waals surface area (Å²) in [4.78, 5) is 36.8. The Labute approximate surface area is 211 Å². The van der Waals surface area contributed by atoms with Crippen molar-refractivity contribution >= 4 is 29.7 Å². The lowest BCUT2D eigenvalue weighted by molar-refractivity contribution is -0.215. The Morgan fingerprint density at radius 2 is 1.94 bits per heavy atom. The van der Waals surface area contributed by atoms with Gasteiger partial charge in [0, 0.05) is 40.9 Å². The van der Waals surface area contributed by atoms with Crippen molar-refractivity contribution in [3.63, 3.8) is 0 Å². The van der Waals surface area contributed by atoms with E-state index in [9.17, 15) is 22.8 Å². The summed E-state index contributed by atoms with van der Waals surface area (Å²) in [5, 5.41) is 0. The van der Waals surface area contributed by atoms with E-state index in [-0.39, 0.29) is 28.3 Å². The third-order valence-electron chi connectivity index (χ3n) is 6.02. The van der Waals surface area contributed by atoms with Crippen molar-refractivity contribution in [2.75, 3.05) is 26.3 Å². The van der Waals surface area contributed by atoms with Gasteiger partial charge in [0.1, 0.15) is 0 Å². The van der Waals surface area contributed by atoms with Crippen molar-refractivity contribution in [2.45, 2.75) is 42.2 Å². The largest absolute Gasteiger partial charge is 0.466 e. The number of carbonyl (C=O) groups is 2. The van der Waals surface area contributed by atoms with E-state index in [0.717, 1.165) is 23.4 Å². The predicted octanol–water partition coefficient (Wildman–Crippen LogP) is 5.54. The highest BCUT2D eigenvalue weighted by molar-refractivity contribution is 7.99. The molecule has 10 heteroatoms. The van der Waals surface area contributed by atoms with Crippen LogP contribution in [0.5, 0.6) is 5.75 Å². The number of nitrogens with zero attached hydrogens (tertiary/aromatic N) is 1. The molecular formula is C26H26F3NO5S. The van der Waals surface area contributed by atoms with Crippen LogP contribution in [0.3, 0.4) is 0 Å². The average Bonchev–Trinajstić information content (AvgIpc) is 2.87. The molecule has 0 aliphatic carbocycles. The molecule has 1 fully saturated rings. The van der Waals surface area contributed by atoms with Gasteiger partial charge in [-0.2, -0.15) is 18.1 Å². The molecule has 1 amide bonds. The fraction of sp³-hybridized carbons (Fsp3) is 0.385. The Morgan fingerprint density at radius 1 is 1.17 bits per heavy atom. The number of fused-ring (bicyclic) bond motifs is 1. The second-order valence-electron chi connectivity index (χ2n) is 8.47. The molecule has 2 heterocycles. The predicted molar refractivity (Wildman–Crippen MR) is 127 cm³/mol. The van der Waals surface area contributed by atoms with Gasteiger partial charge in [-0.15, -0.1) is 0 Å². The van der Waals surface area contributed by atoms with Crippen molar-refractivity contribution in [2.24, 2.45) is 5.92 Å². The van der Waals surface area contributed by atoms with E-state index in [4.69, 9.17) is 14.5 Å². The molecule has 0 N–H and O–H groups in total. The number of esters is 1. The Bertz CT molecular complexity index is 1140. The number of hydrogen-bond donors (Lipinski definition) is 0. The van der Waals surface area contributed by atoms with E-state index in [1.54, 1.807) is 36.1 Å². The van der Waals surface area contributed by atoms with Gasteiger partial charge in [0.25, 0.3) is 0 Å². The maximum absolute atomic E-state index is 13.9. The molecule has 0 atom stereocenters. The molecule has 0 unspecified atom stereocenters. The third-order valence-corrected chi connectivity index (χ3v) is 7.08. The van der Waals surface area contributed by atoms with Gasteiger partial charge >= 0.3 is 12.1 Å². The number of hydrogen-bond acceptors (Lipinski definition) is 6. The first kappa shape index (κ1) is 26.1. The summed E-state index contributed by atoms with van der Waals surface area (Å²) in [5.74, 6) is -0.217. The summed E-state index contributed by atoms with van der Waals surface area (Å²) in [6.45, 7) is 3.24. The summed E-state index contributed by atoms with van der Waals surface area (Å²) in [7, 11) is 0. The molecule has 2 aromatic rings. The summed E-state index contributed by atoms with van der Waals surface area (Å²) in [5.41, 5.74) is 0.385. The molecular weight excluding hydrogens is 495 g/mol. The van der Waals surface area contributed by atoms with Gasteiger partial charge in [0.05, 0.1) is 24.7 Å². The molecule has 2 aromatic carbocycles. The van der Waals surface area contributed by atoms with Gasteiger partial charge in [-0.3, -0.25) is 9.59 Å². The summed E-state index contributed by atoms with van der Waals surface area (Å²) in [6.07, 6.45) is -0.266. The van der Waals surface area contributed by atoms with Crippen LogP contribution in [0.15, 0.2) is 52.3 Å². The Morgan fingerprint density at radius 3 is 2.67 bits per heavy atom. The number of carbonyl (C=O) groups excluding carboxylic acids is 2. The second kappa shape index (κ2) is 11.4. The molecule has 1 saturated heterocycles. The average molecular weight is 522 g/mol. The first-order valence-corrected chi connectivity index (χ1v) is 12.5. The minimum absolute atomic E-state index is 0.0694. The Kier molecular flexibility index (Phi) is 8.25. The van der Waals surface area contributed by atoms with Gasteiger partial charge in [0.2, 0.25) is 5.91 Å². The van der Waals surface area contributed by atoms with Crippen LogP contribution in [-0.4, -0.2) is 43.1 Å². The minimum Gasteiger partial charge on any atom is -0.466 e. The zero-order valence-corrected chi connectivity index (χ0v) is 20.5. The number of alkyl halides is 3. The topological polar surface area (TPSA) is 65.1 Å². The van der Waals surface area contributed by atoms with E-state index in [0.29, 0.717) is 56.2 Å². The first-order chi connectivity index (χ1) is 17.2. The van der Waals surface area contributed by atoms with Crippen LogP contribution in [0.4, 0.5) is 13.2 Å². The molecule has 0 bridgehead atoms. The van der Waals surface area contributed by atoms with Crippen molar-refractivity contribution in [3.8, 4) is 5.75 Å². The maximum atomic E-state index is 13.9. The minimum atomic E-state index is -4.56. The fourth-order valence-electron chi connectivity index (χ4n) is 4.11. The van der Waals surface area contributed by atoms with E-state index in [1.807, 2.05) is 0 Å². The lowest BCUT2D eigenvalue weighted by Crippen LogP contribution is -2.39. The summed E-state index contributed by atoms with van der Waals surface area (Å²) in [6, 6.07) is 9.21. The third kappa shape index (κ3) is 6.41. The van der Waals surface area contributed by atoms with Gasteiger partial charge in [-0.1, -0.05) is 17.8 Å². The quantitative estimate of drug-likeness (QED) is 0.283. The van der Waals surface area contributed by atoms with Crippen LogP contribution in [-0.2, 0) is 31.8 Å². The van der Waals surface area contributed by atoms with E-state index in [1.165, 1.54) is 18.2 Å². The number of rotatable bonds is 6. The zero-order valence-electron chi connectivity index (χ0n) is 19.7. The molecule has 36 heavy (non-hydrogen) atoms. The molecule has 0 aromatic heterocycles. The highest BCUT2D eigenvalue weighted by Crippen LogP contribution is 2.41. The number of benzene rings is 2. The number of likely N-dealkylation sites (tertiary alicyclic amines) is 1. The molecule has 2 aliphatic rings. The van der Waals surface area contributed by atoms with Crippen molar-refractivity contribution in [1.82, 2.24) is 4.90 Å². The number of halogens is 3. The SMILES string of the molecule is CCOC(=O)C1CCN(C(=O)/C=C/c2ccc(Sc3ccc4c(c3)CCOO4)c(C(F)(F)F)c2)CC1. The van der Waals surface area contributed by atoms with Crippen LogP contribution in [0, 0.1) is 5.92 Å². The number of amides is 1. The lowest BCUT2D eigenvalue weighted by Gasteiger charge is -2.30. The Hall–Kier alpha value is -2.98. The van der Waals surface area contributed by atoms with Gasteiger partial charge in [-0.25, -0.2) is 0 Å². The van der Waals surface area contributed by atoms with Crippen LogP contribution in [0.1, 0.15) is 36.5 Å². The highest BCUT2D eigenvalue weighted by atomic mass is 32.2. The van der Waals surface area contributed by atoms with Crippen LogP contribution < -0.4 is 4.89 Å². The van der Waals surface area contributed by atoms with Crippen LogP contribution >= 0.6 is 11.8 Å². The van der Waals surface area contributed by atoms with Crippen molar-refractivity contribution in [1.29, 1.82) is 0 Å². The van der Waals surface area contributed by atoms with Crippen LogP contribution in [0.25, 0.3) is 6.08 Å². The molecule has 0 saturated carbocycles. The molecule has 0 spiro atoms. The zero-order chi connectivity index (χ0) is 25.7. The molecule has 192 valence electrons. The van der Waals surface area contributed by atoms with Gasteiger partial charge in [-0.05, 0) is 61.7 Å². The normalized spacial score (nSPS) is 16.5. The highest BCUT2D eigenvalue weighted by Gasteiger charge is 2.34. The molecule has 4 rings (SSSR count). The van der Waals surface area contributed by atoms with E-state index in [2.05, 4.69) is 0 Å². The molecule has 6 nitrogen and oxygen atoms in total. The summed E-state index contributed by atoms with van der Waals surface area (Å²) < 4.78 is 46.6. The van der Waals surface area contributed by atoms with Crippen molar-refractivity contribution < 1.29 is 37.3 Å². The maximum Gasteiger partial charge on any atom is 0.417 e. The lowest BCUT2D eigenvalue weighted by atomic mass is 9.97. The number of piperidine rings is 1. The molecule has 2 aliphatic heterocycles. The van der Waals surface area contributed by atoms with Gasteiger partial charge in [0.15, 0.2) is 5.75 Å². The van der Waals surface area contributed by atoms with E-state index < -0.39 is 11.7 Å². The molecule has 0 radical (unpaired) electrons. The monoisotopic (exact) mass is 521 g/mol. The van der Waals surface area contributed by atoms with Crippen molar-refractivity contribution in [3.05, 3.63) is 59.2 Å². The fourth-order valence-corrected chi connectivity index (χ4v) is 5.12. The first-order valence-electron chi connectivity index (χ1n) is 11.7. The second-order valence-corrected chi connectivity index (χ2v) is 9.58. The summed E-state index contributed by atoms with van der Waals surface area (Å²) >= 11 is 1.02. The van der Waals surface area contributed by atoms with Crippen LogP contribution in [0.2, 0.25) is 0 Å². The standard InChI is InChI=1S/C26H26F3NO5S/c1-2-33-25(32)18-9-12-30(13-10-18)24(31)8-4-17-3-7-23(21(15-17)26(27,28)29)36-20-5-6-22-19(16-20)11-14-34-35-22/h3-8,15-16,18H,2,9-14H2,1H3/b8-4+. The van der Waals surface area contributed by atoms with Gasteiger partial charge < -0.3 is 14.5 Å². The Balaban J connectivity index is 1.44. The number of ether oxygens (including phenoxy) is 1. The van der Waals surface area contributed by atoms with E-state index >= 15 is 0 Å².